The maximum atomic E-state index is 12.6. The van der Waals surface area contributed by atoms with Gasteiger partial charge in [-0.3, -0.25) is 9.69 Å². The maximum absolute atomic E-state index is 12.6. The summed E-state index contributed by atoms with van der Waals surface area (Å²) >= 11 is 0. The first kappa shape index (κ1) is 28.5. The van der Waals surface area contributed by atoms with E-state index in [0.717, 1.165) is 56.5 Å². The summed E-state index contributed by atoms with van der Waals surface area (Å²) in [5.74, 6) is 2.55. The largest absolute Gasteiger partial charge is 0.469 e. The van der Waals surface area contributed by atoms with Gasteiger partial charge in [0.1, 0.15) is 0 Å². The number of nitrogens with one attached hydrogen (secondary N) is 1. The summed E-state index contributed by atoms with van der Waals surface area (Å²) < 4.78 is 5.18. The second-order valence-electron chi connectivity index (χ2n) is 9.21. The Kier molecular flexibility index (Phi) is 11.9. The number of esters is 1. The number of nitrogens with zero attached hydrogens (tertiary/aromatic N) is 1. The van der Waals surface area contributed by atoms with Crippen LogP contribution in [0.25, 0.3) is 10.9 Å². The van der Waals surface area contributed by atoms with E-state index >= 15 is 0 Å². The highest BCUT2D eigenvalue weighted by Gasteiger charge is 2.33. The van der Waals surface area contributed by atoms with E-state index in [0.29, 0.717) is 5.92 Å². The van der Waals surface area contributed by atoms with Crippen LogP contribution in [0.4, 0.5) is 0 Å². The monoisotopic (exact) mass is 476 g/mol. The molecule has 3 atom stereocenters. The van der Waals surface area contributed by atoms with Crippen LogP contribution < -0.4 is 0 Å². The number of carbonyl (C=O) groups excluding carboxylic acids is 1. The van der Waals surface area contributed by atoms with E-state index in [1.165, 1.54) is 35.6 Å². The van der Waals surface area contributed by atoms with Crippen LogP contribution in [0.2, 0.25) is 0 Å². The van der Waals surface area contributed by atoms with Crippen LogP contribution >= 0.6 is 0 Å². The molecule has 4 heteroatoms. The summed E-state index contributed by atoms with van der Waals surface area (Å²) in [6, 6.07) is 8.37. The lowest BCUT2D eigenvalue weighted by Crippen LogP contribution is -2.36. The molecule has 2 aliphatic heterocycles. The number of hydrogen-bond acceptors (Lipinski definition) is 3. The van der Waals surface area contributed by atoms with Gasteiger partial charge in [-0.2, -0.15) is 0 Å². The van der Waals surface area contributed by atoms with E-state index in [1.54, 1.807) is 0 Å². The number of para-hydroxylation sites is 1. The molecule has 1 aromatic heterocycles. The zero-order valence-electron chi connectivity index (χ0n) is 22.6. The Bertz CT molecular complexity index is 1050. The first-order valence-electron chi connectivity index (χ1n) is 13.2. The fourth-order valence-corrected chi connectivity index (χ4v) is 5.11. The Morgan fingerprint density at radius 2 is 2.03 bits per heavy atom. The second-order valence-corrected chi connectivity index (χ2v) is 9.21. The van der Waals surface area contributed by atoms with Crippen molar-refractivity contribution in [1.82, 2.24) is 9.88 Å². The van der Waals surface area contributed by atoms with Crippen LogP contribution in [0.1, 0.15) is 77.5 Å². The van der Waals surface area contributed by atoms with Crippen molar-refractivity contribution in [1.29, 1.82) is 0 Å². The summed E-state index contributed by atoms with van der Waals surface area (Å²) in [6.07, 6.45) is 14.4. The van der Waals surface area contributed by atoms with Crippen LogP contribution in [0, 0.1) is 18.3 Å². The molecular weight excluding hydrogens is 432 g/mol. The number of aromatic amines is 1. The van der Waals surface area contributed by atoms with Crippen LogP contribution in [0.5, 0.6) is 0 Å². The molecule has 0 aliphatic carbocycles. The minimum atomic E-state index is -0.218. The van der Waals surface area contributed by atoms with E-state index in [2.05, 4.69) is 60.9 Å². The highest BCUT2D eigenvalue weighted by Crippen LogP contribution is 2.36. The minimum absolute atomic E-state index is 0.127. The number of rotatable bonds is 4. The molecule has 1 aromatic carbocycles. The number of benzene rings is 1. The molecule has 35 heavy (non-hydrogen) atoms. The average Bonchev–Trinajstić information content (AvgIpc) is 3.26. The Labute approximate surface area is 212 Å². The number of ether oxygens (including phenoxy) is 1. The molecule has 190 valence electrons. The fourth-order valence-electron chi connectivity index (χ4n) is 5.11. The first-order chi connectivity index (χ1) is 17.0. The van der Waals surface area contributed by atoms with Crippen molar-refractivity contribution < 1.29 is 9.53 Å². The molecule has 0 saturated carbocycles. The SMILES string of the molecule is C#C/C=C(\C)CCC.CC.CCC1=CC2CC(C(=O)OC)c3[nH]c4ccccc4c3CCN(C1)C2. The number of fused-ring (bicyclic) bond motifs is 5. The van der Waals surface area contributed by atoms with Gasteiger partial charge in [-0.1, -0.05) is 75.5 Å². The van der Waals surface area contributed by atoms with Gasteiger partial charge in [0.15, 0.2) is 0 Å². The van der Waals surface area contributed by atoms with Gasteiger partial charge in [0.25, 0.3) is 0 Å². The van der Waals surface area contributed by atoms with Crippen LogP contribution in [-0.4, -0.2) is 42.6 Å². The second kappa shape index (κ2) is 14.6. The van der Waals surface area contributed by atoms with Gasteiger partial charge >= 0.3 is 5.97 Å². The summed E-state index contributed by atoms with van der Waals surface area (Å²) in [7, 11) is 1.50. The van der Waals surface area contributed by atoms with Gasteiger partial charge in [0.05, 0.1) is 13.0 Å². The lowest BCUT2D eigenvalue weighted by atomic mass is 9.87. The average molecular weight is 477 g/mol. The van der Waals surface area contributed by atoms with Crippen molar-refractivity contribution in [2.45, 2.75) is 72.6 Å². The van der Waals surface area contributed by atoms with Gasteiger partial charge in [0, 0.05) is 36.2 Å². The number of hydrogen-bond donors (Lipinski definition) is 1. The third kappa shape index (κ3) is 7.61. The molecule has 0 spiro atoms. The molecule has 0 fully saturated rings. The quantitative estimate of drug-likeness (QED) is 0.293. The van der Waals surface area contributed by atoms with Crippen molar-refractivity contribution in [3.05, 3.63) is 58.8 Å². The van der Waals surface area contributed by atoms with E-state index in [1.807, 2.05) is 26.0 Å². The van der Waals surface area contributed by atoms with Gasteiger partial charge in [-0.25, -0.2) is 0 Å². The van der Waals surface area contributed by atoms with Crippen molar-refractivity contribution in [2.75, 3.05) is 26.7 Å². The van der Waals surface area contributed by atoms with Crippen molar-refractivity contribution in [3.8, 4) is 12.3 Å². The zero-order chi connectivity index (χ0) is 25.8. The smallest absolute Gasteiger partial charge is 0.314 e. The van der Waals surface area contributed by atoms with Crippen molar-refractivity contribution in [3.63, 3.8) is 0 Å². The maximum Gasteiger partial charge on any atom is 0.314 e. The Morgan fingerprint density at radius 3 is 2.69 bits per heavy atom. The predicted octanol–water partition coefficient (Wildman–Crippen LogP) is 7.03. The Balaban J connectivity index is 0.000000371. The summed E-state index contributed by atoms with van der Waals surface area (Å²) in [4.78, 5) is 18.7. The summed E-state index contributed by atoms with van der Waals surface area (Å²) in [6.45, 7) is 13.6. The lowest BCUT2D eigenvalue weighted by Gasteiger charge is -2.32. The van der Waals surface area contributed by atoms with Crippen molar-refractivity contribution >= 4 is 16.9 Å². The normalized spacial score (nSPS) is 21.3. The van der Waals surface area contributed by atoms with E-state index in [9.17, 15) is 4.79 Å². The standard InChI is InChI=1S/C21H26N2O2.C8H12.C2H6/c1-3-14-10-15-11-18(21(24)25-2)20-17(8-9-23(12-14)13-15)16-6-4-5-7-19(16)22-20;1-4-6-8(3)7-5-2;1-2/h4-7,10,15,18,22H,3,8-9,11-13H2,1-2H3;1,6H,5,7H2,2-3H3;1-2H3/b;8-6+;. The molecule has 0 saturated heterocycles. The topological polar surface area (TPSA) is 45.3 Å². The number of methoxy groups -OCH3 is 1. The third-order valence-electron chi connectivity index (χ3n) is 6.72. The van der Waals surface area contributed by atoms with E-state index in [-0.39, 0.29) is 11.9 Å². The molecule has 0 amide bonds. The van der Waals surface area contributed by atoms with Gasteiger partial charge in [-0.15, -0.1) is 6.42 Å². The molecule has 2 aromatic rings. The molecule has 2 aliphatic rings. The minimum Gasteiger partial charge on any atom is -0.469 e. The number of terminal acetylenes is 1. The zero-order valence-corrected chi connectivity index (χ0v) is 22.6. The molecule has 0 radical (unpaired) electrons. The lowest BCUT2D eigenvalue weighted by molar-refractivity contribution is -0.142. The number of aromatic nitrogens is 1. The fraction of sp³-hybridized carbons (Fsp3) is 0.516. The molecular formula is C31H44N2O2. The number of H-pyrrole nitrogens is 1. The van der Waals surface area contributed by atoms with E-state index in [4.69, 9.17) is 11.2 Å². The number of allylic oxidation sites excluding steroid dienone is 2. The van der Waals surface area contributed by atoms with Gasteiger partial charge in [-0.05, 0) is 56.2 Å². The predicted molar refractivity (Wildman–Crippen MR) is 149 cm³/mol. The molecule has 2 bridgehead atoms. The van der Waals surface area contributed by atoms with Crippen LogP contribution in [-0.2, 0) is 16.0 Å². The molecule has 4 nitrogen and oxygen atoms in total. The molecule has 4 rings (SSSR count). The van der Waals surface area contributed by atoms with Crippen LogP contribution in [0.3, 0.4) is 0 Å². The van der Waals surface area contributed by atoms with E-state index < -0.39 is 0 Å². The van der Waals surface area contributed by atoms with Gasteiger partial charge in [0.2, 0.25) is 0 Å². The number of carbonyl (C=O) groups is 1. The molecule has 3 unspecified atom stereocenters. The summed E-state index contributed by atoms with van der Waals surface area (Å²) in [5, 5.41) is 1.24. The Morgan fingerprint density at radius 1 is 1.29 bits per heavy atom. The highest BCUT2D eigenvalue weighted by molar-refractivity contribution is 5.88. The van der Waals surface area contributed by atoms with Gasteiger partial charge < -0.3 is 9.72 Å². The molecule has 1 N–H and O–H groups in total. The first-order valence-corrected chi connectivity index (χ1v) is 13.2. The Hall–Kier alpha value is -2.77. The third-order valence-corrected chi connectivity index (χ3v) is 6.72. The summed E-state index contributed by atoms with van der Waals surface area (Å²) in [5.41, 5.74) is 6.27. The van der Waals surface area contributed by atoms with Crippen molar-refractivity contribution in [2.24, 2.45) is 5.92 Å². The van der Waals surface area contributed by atoms with Crippen LogP contribution in [0.15, 0.2) is 47.6 Å². The molecule has 3 heterocycles. The highest BCUT2D eigenvalue weighted by atomic mass is 16.5.